The van der Waals surface area contributed by atoms with Gasteiger partial charge in [-0.25, -0.2) is 0 Å². The first-order valence-electron chi connectivity index (χ1n) is 5.17. The molecule has 0 radical (unpaired) electrons. The molecule has 1 N–H and O–H groups in total. The molecule has 0 fully saturated rings. The molecule has 0 aliphatic rings. The zero-order valence-corrected chi connectivity index (χ0v) is 9.84. The van der Waals surface area contributed by atoms with Gasteiger partial charge in [0, 0.05) is 6.42 Å². The second kappa shape index (κ2) is 6.14. The van der Waals surface area contributed by atoms with Crippen molar-refractivity contribution < 1.29 is 4.79 Å². The van der Waals surface area contributed by atoms with Crippen LogP contribution in [-0.4, -0.2) is 5.91 Å². The molecule has 16 heavy (non-hydrogen) atoms. The fourth-order valence-electron chi connectivity index (χ4n) is 1.24. The van der Waals surface area contributed by atoms with E-state index < -0.39 is 0 Å². The zero-order valence-electron chi connectivity index (χ0n) is 9.09. The second-order valence-corrected chi connectivity index (χ2v) is 3.87. The van der Waals surface area contributed by atoms with Gasteiger partial charge in [-0.2, -0.15) is 5.26 Å². The van der Waals surface area contributed by atoms with E-state index in [-0.39, 0.29) is 5.91 Å². The lowest BCUT2D eigenvalue weighted by Crippen LogP contribution is -2.11. The van der Waals surface area contributed by atoms with E-state index >= 15 is 0 Å². The zero-order chi connectivity index (χ0) is 12.0. The Morgan fingerprint density at radius 1 is 1.56 bits per heavy atom. The largest absolute Gasteiger partial charge is 0.325 e. The predicted octanol–water partition coefficient (Wildman–Crippen LogP) is 3.34. The average Bonchev–Trinajstić information content (AvgIpc) is 2.29. The van der Waals surface area contributed by atoms with Crippen molar-refractivity contribution in [1.82, 2.24) is 0 Å². The van der Waals surface area contributed by atoms with Crippen LogP contribution in [0.5, 0.6) is 0 Å². The van der Waals surface area contributed by atoms with Crippen molar-refractivity contribution in [3.05, 3.63) is 28.8 Å². The minimum atomic E-state index is -0.0477. The van der Waals surface area contributed by atoms with Gasteiger partial charge in [-0.05, 0) is 24.6 Å². The monoisotopic (exact) mass is 236 g/mol. The van der Waals surface area contributed by atoms with Gasteiger partial charge in [0.05, 0.1) is 22.3 Å². The number of nitriles is 1. The summed E-state index contributed by atoms with van der Waals surface area (Å²) in [6.45, 7) is 2.03. The van der Waals surface area contributed by atoms with Crippen molar-refractivity contribution in [3.63, 3.8) is 0 Å². The summed E-state index contributed by atoms with van der Waals surface area (Å²) >= 11 is 5.92. The Morgan fingerprint density at radius 3 is 2.88 bits per heavy atom. The highest BCUT2D eigenvalue weighted by Crippen LogP contribution is 2.22. The second-order valence-electron chi connectivity index (χ2n) is 3.46. The van der Waals surface area contributed by atoms with Gasteiger partial charge >= 0.3 is 0 Å². The van der Waals surface area contributed by atoms with E-state index in [2.05, 4.69) is 5.32 Å². The fraction of sp³-hybridized carbons (Fsp3) is 0.333. The predicted molar refractivity (Wildman–Crippen MR) is 64.3 cm³/mol. The number of carbonyl (C=O) groups is 1. The number of benzene rings is 1. The van der Waals surface area contributed by atoms with E-state index in [0.717, 1.165) is 12.8 Å². The third kappa shape index (κ3) is 3.56. The molecule has 0 aromatic heterocycles. The molecule has 0 aliphatic carbocycles. The molecule has 1 aromatic carbocycles. The van der Waals surface area contributed by atoms with Crippen molar-refractivity contribution in [2.45, 2.75) is 26.2 Å². The van der Waals surface area contributed by atoms with Crippen LogP contribution in [-0.2, 0) is 4.79 Å². The first kappa shape index (κ1) is 12.5. The summed E-state index contributed by atoms with van der Waals surface area (Å²) < 4.78 is 0. The highest BCUT2D eigenvalue weighted by Gasteiger charge is 2.05. The minimum Gasteiger partial charge on any atom is -0.325 e. The molecule has 0 bridgehead atoms. The highest BCUT2D eigenvalue weighted by atomic mass is 35.5. The van der Waals surface area contributed by atoms with E-state index in [1.165, 1.54) is 6.07 Å². The van der Waals surface area contributed by atoms with Crippen molar-refractivity contribution >= 4 is 23.2 Å². The SMILES string of the molecule is CCCCC(=O)Nc1ccc(C#N)cc1Cl. The molecule has 84 valence electrons. The Hall–Kier alpha value is -1.53. The third-order valence-corrected chi connectivity index (χ3v) is 2.44. The number of rotatable bonds is 4. The lowest BCUT2D eigenvalue weighted by molar-refractivity contribution is -0.116. The van der Waals surface area contributed by atoms with Gasteiger partial charge in [-0.15, -0.1) is 0 Å². The van der Waals surface area contributed by atoms with Gasteiger partial charge in [0.25, 0.3) is 0 Å². The maximum Gasteiger partial charge on any atom is 0.224 e. The number of carbonyl (C=O) groups excluding carboxylic acids is 1. The first-order chi connectivity index (χ1) is 7.67. The number of hydrogen-bond donors (Lipinski definition) is 1. The van der Waals surface area contributed by atoms with E-state index in [1.54, 1.807) is 12.1 Å². The van der Waals surface area contributed by atoms with Crippen LogP contribution in [0.2, 0.25) is 5.02 Å². The van der Waals surface area contributed by atoms with E-state index in [1.807, 2.05) is 13.0 Å². The van der Waals surface area contributed by atoms with Gasteiger partial charge in [-0.3, -0.25) is 4.79 Å². The Bertz CT molecular complexity index is 424. The van der Waals surface area contributed by atoms with Crippen LogP contribution in [0, 0.1) is 11.3 Å². The average molecular weight is 237 g/mol. The fourth-order valence-corrected chi connectivity index (χ4v) is 1.46. The van der Waals surface area contributed by atoms with Crippen LogP contribution in [0.15, 0.2) is 18.2 Å². The summed E-state index contributed by atoms with van der Waals surface area (Å²) in [5.74, 6) is -0.0477. The number of unbranched alkanes of at least 4 members (excludes halogenated alkanes) is 1. The summed E-state index contributed by atoms with van der Waals surface area (Å²) in [4.78, 5) is 11.4. The molecule has 0 atom stereocenters. The highest BCUT2D eigenvalue weighted by molar-refractivity contribution is 6.33. The van der Waals surface area contributed by atoms with E-state index in [9.17, 15) is 4.79 Å². The quantitative estimate of drug-likeness (QED) is 0.872. The number of halogens is 1. The van der Waals surface area contributed by atoms with Crippen LogP contribution in [0.3, 0.4) is 0 Å². The van der Waals surface area contributed by atoms with Gasteiger partial charge < -0.3 is 5.32 Å². The molecular formula is C12H13ClN2O. The van der Waals surface area contributed by atoms with Crippen molar-refractivity contribution in [2.75, 3.05) is 5.32 Å². The van der Waals surface area contributed by atoms with Crippen molar-refractivity contribution in [2.24, 2.45) is 0 Å². The summed E-state index contributed by atoms with van der Waals surface area (Å²) in [7, 11) is 0. The Labute approximate surface area is 100 Å². The molecule has 0 heterocycles. The van der Waals surface area contributed by atoms with E-state index in [0.29, 0.717) is 22.7 Å². The van der Waals surface area contributed by atoms with Gasteiger partial charge in [0.15, 0.2) is 0 Å². The molecule has 0 saturated carbocycles. The van der Waals surface area contributed by atoms with Crippen LogP contribution in [0.1, 0.15) is 31.7 Å². The Balaban J connectivity index is 2.68. The van der Waals surface area contributed by atoms with Crippen molar-refractivity contribution in [1.29, 1.82) is 5.26 Å². The van der Waals surface area contributed by atoms with Gasteiger partial charge in [-0.1, -0.05) is 24.9 Å². The third-order valence-electron chi connectivity index (χ3n) is 2.13. The summed E-state index contributed by atoms with van der Waals surface area (Å²) in [6, 6.07) is 6.79. The lowest BCUT2D eigenvalue weighted by atomic mass is 10.2. The van der Waals surface area contributed by atoms with Crippen LogP contribution in [0.25, 0.3) is 0 Å². The molecule has 1 amide bonds. The van der Waals surface area contributed by atoms with Crippen LogP contribution >= 0.6 is 11.6 Å². The molecule has 0 aliphatic heterocycles. The number of nitrogens with one attached hydrogen (secondary N) is 1. The molecule has 0 saturated heterocycles. The molecule has 0 spiro atoms. The summed E-state index contributed by atoms with van der Waals surface area (Å²) in [6.07, 6.45) is 2.33. The van der Waals surface area contributed by atoms with Crippen molar-refractivity contribution in [3.8, 4) is 6.07 Å². The standard InChI is InChI=1S/C12H13ClN2O/c1-2-3-4-12(16)15-11-6-5-9(8-14)7-10(11)13/h5-7H,2-4H2,1H3,(H,15,16). The van der Waals surface area contributed by atoms with Gasteiger partial charge in [0.1, 0.15) is 0 Å². The summed E-state index contributed by atoms with van der Waals surface area (Å²) in [5.41, 5.74) is 1.04. The topological polar surface area (TPSA) is 52.9 Å². The van der Waals surface area contributed by atoms with Crippen LogP contribution in [0.4, 0.5) is 5.69 Å². The number of amides is 1. The molecule has 1 aromatic rings. The molecule has 4 heteroatoms. The first-order valence-corrected chi connectivity index (χ1v) is 5.54. The normalized spacial score (nSPS) is 9.56. The maximum absolute atomic E-state index is 11.4. The molecule has 0 unspecified atom stereocenters. The minimum absolute atomic E-state index is 0.0477. The number of anilines is 1. The molecular weight excluding hydrogens is 224 g/mol. The number of nitrogens with zero attached hydrogens (tertiary/aromatic N) is 1. The smallest absolute Gasteiger partial charge is 0.224 e. The van der Waals surface area contributed by atoms with Crippen LogP contribution < -0.4 is 5.32 Å². The molecule has 3 nitrogen and oxygen atoms in total. The molecule has 1 rings (SSSR count). The maximum atomic E-state index is 11.4. The Morgan fingerprint density at radius 2 is 2.31 bits per heavy atom. The van der Waals surface area contributed by atoms with Gasteiger partial charge in [0.2, 0.25) is 5.91 Å². The van der Waals surface area contributed by atoms with E-state index in [4.69, 9.17) is 16.9 Å². The Kier molecular flexibility index (Phi) is 4.81. The lowest BCUT2D eigenvalue weighted by Gasteiger charge is -2.06. The number of hydrogen-bond acceptors (Lipinski definition) is 2. The summed E-state index contributed by atoms with van der Waals surface area (Å²) in [5, 5.41) is 11.8.